The Kier molecular flexibility index (Phi) is 26.5. The van der Waals surface area contributed by atoms with Gasteiger partial charge in [-0.15, -0.1) is 11.6 Å². The molecule has 0 aromatic heterocycles. The lowest BCUT2D eigenvalue weighted by atomic mass is 9.95. The minimum atomic E-state index is -1.74. The number of alkyl halides is 4. The molecule has 80 heavy (non-hydrogen) atoms. The molecule has 10 unspecified atom stereocenters. The monoisotopic (exact) mass is 1200 g/mol. The number of ether oxygens (including phenoxy) is 12. The van der Waals surface area contributed by atoms with E-state index in [0.29, 0.717) is 51.4 Å². The molecule has 3 aromatic rings. The van der Waals surface area contributed by atoms with E-state index < -0.39 is 121 Å². The van der Waals surface area contributed by atoms with E-state index in [4.69, 9.17) is 103 Å². The number of hydrogen-bond acceptors (Lipinski definition) is 18. The number of nitrogens with zero attached hydrogens (tertiary/aromatic N) is 3. The summed E-state index contributed by atoms with van der Waals surface area (Å²) in [5.41, 5.74) is 14.4. The number of halogens is 4. The van der Waals surface area contributed by atoms with Crippen molar-refractivity contribution >= 4 is 76.6 Å². The zero-order valence-corrected chi connectivity index (χ0v) is 47.7. The van der Waals surface area contributed by atoms with E-state index >= 15 is 0 Å². The molecular formula is C55H68Cl4N4O17. The fourth-order valence-corrected chi connectivity index (χ4v) is 9.49. The van der Waals surface area contributed by atoms with Crippen LogP contribution in [0.15, 0.2) is 84.0 Å². The second-order valence-electron chi connectivity index (χ2n) is 18.9. The third kappa shape index (κ3) is 19.2. The van der Waals surface area contributed by atoms with Crippen molar-refractivity contribution in [1.82, 2.24) is 5.32 Å². The molecule has 438 valence electrons. The summed E-state index contributed by atoms with van der Waals surface area (Å²) >= 11 is 22.9. The number of rotatable bonds is 30. The minimum Gasteiger partial charge on any atom is -0.463 e. The van der Waals surface area contributed by atoms with Crippen molar-refractivity contribution < 1.29 is 80.8 Å². The Morgan fingerprint density at radius 1 is 0.650 bits per heavy atom. The molecule has 2 saturated heterocycles. The summed E-state index contributed by atoms with van der Waals surface area (Å²) in [6, 6.07) is 22.4. The topological polar surface area (TPSA) is 257 Å². The van der Waals surface area contributed by atoms with Crippen LogP contribution in [0, 0.1) is 0 Å². The van der Waals surface area contributed by atoms with Gasteiger partial charge in [0.1, 0.15) is 68.9 Å². The molecule has 6 rings (SSSR count). The van der Waals surface area contributed by atoms with Crippen LogP contribution in [-0.2, 0) is 66.4 Å². The van der Waals surface area contributed by atoms with E-state index in [-0.39, 0.29) is 44.5 Å². The maximum Gasteiger partial charge on any atom is 0.508 e. The van der Waals surface area contributed by atoms with Crippen LogP contribution in [0.3, 0.4) is 0 Å². The first-order valence-electron chi connectivity index (χ1n) is 26.6. The van der Waals surface area contributed by atoms with Gasteiger partial charge in [-0.05, 0) is 65.6 Å². The summed E-state index contributed by atoms with van der Waals surface area (Å²) in [5, 5.41) is 6.70. The van der Waals surface area contributed by atoms with Gasteiger partial charge in [0.05, 0.1) is 5.56 Å². The first kappa shape index (κ1) is 64.0. The molecule has 10 atom stereocenters. The minimum absolute atomic E-state index is 0.0779. The van der Waals surface area contributed by atoms with Crippen LogP contribution in [0.25, 0.3) is 21.6 Å². The van der Waals surface area contributed by atoms with Gasteiger partial charge in [0, 0.05) is 44.1 Å². The number of fused-ring (bicyclic) bond motifs is 3. The zero-order valence-electron chi connectivity index (χ0n) is 44.7. The number of alkyl carbamates (subject to hydrolysis) is 1. The van der Waals surface area contributed by atoms with Crippen LogP contribution in [0.2, 0.25) is 0 Å². The Bertz CT molecular complexity index is 2460. The van der Waals surface area contributed by atoms with Crippen LogP contribution < -0.4 is 5.32 Å². The smallest absolute Gasteiger partial charge is 0.463 e. The highest BCUT2D eigenvalue weighted by Crippen LogP contribution is 2.45. The third-order valence-electron chi connectivity index (χ3n) is 13.1. The molecule has 1 amide bonds. The number of carbonyl (C=O) groups excluding carboxylic acids is 5. The Morgan fingerprint density at radius 2 is 1.25 bits per heavy atom. The standard InChI is InChI=1S/C55H68Cl4N4O17/c1-4-6-26-69-47-44(62-63-60)51(76-41(31-72-34(3)64)45(47)80-54(68)74-30-40-38-23-15-13-21-36(38)37-22-14-16-24-39(37)40)79-46-42(32-73-43(65)29-56)77-52(71-28-18-9-8-17-25-61-53(67)75-33-55(57,58)59)49(48(46)70-27-7-5-2)78-50(66)35-19-11-10-12-20-35/h10-16,19-24,40-42,44-49,51-52H,4-9,17-18,25-33H2,1-3H3,(H,61,67). The van der Waals surface area contributed by atoms with Crippen LogP contribution in [-0.4, -0.2) is 154 Å². The number of hydrogen-bond donors (Lipinski definition) is 1. The van der Waals surface area contributed by atoms with Gasteiger partial charge < -0.3 is 62.2 Å². The maximum atomic E-state index is 14.0. The predicted molar refractivity (Wildman–Crippen MR) is 292 cm³/mol. The number of azide groups is 1. The number of nitrogens with one attached hydrogen (secondary N) is 1. The van der Waals surface area contributed by atoms with Crippen molar-refractivity contribution in [2.24, 2.45) is 5.11 Å². The molecule has 25 heteroatoms. The van der Waals surface area contributed by atoms with E-state index in [0.717, 1.165) is 22.3 Å². The zero-order chi connectivity index (χ0) is 57.4. The summed E-state index contributed by atoms with van der Waals surface area (Å²) in [6.07, 6.45) is -9.49. The van der Waals surface area contributed by atoms with Gasteiger partial charge in [0.15, 0.2) is 24.8 Å². The summed E-state index contributed by atoms with van der Waals surface area (Å²) in [4.78, 5) is 68.4. The summed E-state index contributed by atoms with van der Waals surface area (Å²) in [7, 11) is 0. The fraction of sp³-hybridized carbons (Fsp3) is 0.582. The number of carbonyl (C=O) groups is 5. The molecule has 0 radical (unpaired) electrons. The lowest BCUT2D eigenvalue weighted by Gasteiger charge is -2.49. The molecule has 2 heterocycles. The first-order valence-corrected chi connectivity index (χ1v) is 28.3. The highest BCUT2D eigenvalue weighted by Gasteiger charge is 2.56. The van der Waals surface area contributed by atoms with E-state index in [9.17, 15) is 29.5 Å². The van der Waals surface area contributed by atoms with E-state index in [1.165, 1.54) is 6.92 Å². The molecule has 0 bridgehead atoms. The van der Waals surface area contributed by atoms with Crippen molar-refractivity contribution in [2.45, 2.75) is 143 Å². The maximum absolute atomic E-state index is 14.0. The van der Waals surface area contributed by atoms with E-state index in [2.05, 4.69) is 15.3 Å². The van der Waals surface area contributed by atoms with E-state index in [1.807, 2.05) is 62.4 Å². The van der Waals surface area contributed by atoms with Gasteiger partial charge in [-0.2, -0.15) is 0 Å². The lowest BCUT2D eigenvalue weighted by Crippen LogP contribution is -2.66. The second-order valence-corrected chi connectivity index (χ2v) is 21.7. The molecule has 1 aliphatic carbocycles. The van der Waals surface area contributed by atoms with Crippen molar-refractivity contribution in [2.75, 3.05) is 58.7 Å². The Labute approximate surface area is 484 Å². The average Bonchev–Trinajstić information content (AvgIpc) is 3.78. The van der Waals surface area contributed by atoms with Crippen LogP contribution in [0.1, 0.15) is 99.5 Å². The number of unbranched alkanes of at least 4 members (excludes halogenated alkanes) is 5. The van der Waals surface area contributed by atoms with Gasteiger partial charge in [0.25, 0.3) is 0 Å². The Morgan fingerprint density at radius 3 is 1.89 bits per heavy atom. The largest absolute Gasteiger partial charge is 0.508 e. The van der Waals surface area contributed by atoms with Crippen LogP contribution in [0.5, 0.6) is 0 Å². The first-order chi connectivity index (χ1) is 38.7. The van der Waals surface area contributed by atoms with Gasteiger partial charge in [-0.1, -0.05) is 146 Å². The third-order valence-corrected chi connectivity index (χ3v) is 13.6. The quantitative estimate of drug-likeness (QED) is 0.0124. The predicted octanol–water partition coefficient (Wildman–Crippen LogP) is 10.4. The molecule has 2 fully saturated rings. The molecule has 2 aliphatic heterocycles. The van der Waals surface area contributed by atoms with Gasteiger partial charge in [0.2, 0.25) is 3.79 Å². The molecule has 0 spiro atoms. The van der Waals surface area contributed by atoms with Crippen molar-refractivity contribution in [3.63, 3.8) is 0 Å². The lowest BCUT2D eigenvalue weighted by molar-refractivity contribution is -0.350. The average molecular weight is 1200 g/mol. The fourth-order valence-electron chi connectivity index (χ4n) is 9.25. The summed E-state index contributed by atoms with van der Waals surface area (Å²) in [5.74, 6) is -3.09. The SMILES string of the molecule is CCCCOC1C(N=[N+]=[N-])C(OC2C(COC(=O)CCl)OC(OCCCCCCNC(=O)OCC(Cl)(Cl)Cl)C(OC(=O)c3ccccc3)C2OCCCC)OC(COC(C)=O)C1OC(=O)OCC1c2ccccc2-c2ccccc21. The highest BCUT2D eigenvalue weighted by atomic mass is 35.6. The normalized spacial score (nSPS) is 23.3. The van der Waals surface area contributed by atoms with Crippen LogP contribution in [0.4, 0.5) is 9.59 Å². The van der Waals surface area contributed by atoms with E-state index in [1.54, 1.807) is 30.3 Å². The Balaban J connectivity index is 1.29. The van der Waals surface area contributed by atoms with Crippen LogP contribution >= 0.6 is 46.4 Å². The number of esters is 3. The van der Waals surface area contributed by atoms with Gasteiger partial charge in [-0.3, -0.25) is 9.59 Å². The second kappa shape index (κ2) is 33.1. The molecule has 21 nitrogen and oxygen atoms in total. The molecule has 3 aromatic carbocycles. The summed E-state index contributed by atoms with van der Waals surface area (Å²) < 4.78 is 71.8. The van der Waals surface area contributed by atoms with Gasteiger partial charge >= 0.3 is 30.2 Å². The molecule has 3 aliphatic rings. The molecule has 0 saturated carbocycles. The van der Waals surface area contributed by atoms with Crippen molar-refractivity contribution in [1.29, 1.82) is 0 Å². The molecule has 1 N–H and O–H groups in total. The van der Waals surface area contributed by atoms with Gasteiger partial charge in [-0.25, -0.2) is 14.4 Å². The summed E-state index contributed by atoms with van der Waals surface area (Å²) in [6.45, 7) is 4.12. The number of benzene rings is 3. The van der Waals surface area contributed by atoms with Crippen molar-refractivity contribution in [3.8, 4) is 11.1 Å². The Hall–Kier alpha value is -5.16. The number of amides is 1. The molecular weight excluding hydrogens is 1130 g/mol. The van der Waals surface area contributed by atoms with Crippen molar-refractivity contribution in [3.05, 3.63) is 106 Å². The highest BCUT2D eigenvalue weighted by molar-refractivity contribution is 6.67.